The average molecular weight is 296 g/mol. The molecule has 0 radical (unpaired) electrons. The number of benzene rings is 1. The number of aliphatic carboxylic acids is 1. The third kappa shape index (κ3) is 3.73. The lowest BCUT2D eigenvalue weighted by atomic mass is 9.79. The van der Waals surface area contributed by atoms with Crippen LogP contribution in [0.2, 0.25) is 5.02 Å². The van der Waals surface area contributed by atoms with Crippen molar-refractivity contribution in [1.29, 1.82) is 0 Å². The van der Waals surface area contributed by atoms with Gasteiger partial charge in [0.25, 0.3) is 5.91 Å². The summed E-state index contributed by atoms with van der Waals surface area (Å²) in [6.07, 6.45) is 3.54. The quantitative estimate of drug-likeness (QED) is 0.897. The molecule has 1 fully saturated rings. The van der Waals surface area contributed by atoms with Crippen molar-refractivity contribution < 1.29 is 14.7 Å². The molecule has 1 amide bonds. The normalized spacial score (nSPS) is 22.2. The van der Waals surface area contributed by atoms with Crippen molar-refractivity contribution in [3.8, 4) is 0 Å². The van der Waals surface area contributed by atoms with E-state index in [9.17, 15) is 14.7 Å². The molecular weight excluding hydrogens is 278 g/mol. The highest BCUT2D eigenvalue weighted by atomic mass is 35.5. The molecule has 5 heteroatoms. The largest absolute Gasteiger partial charge is 0.481 e. The fraction of sp³-hybridized carbons (Fsp3) is 0.467. The number of carboxylic acids is 1. The number of rotatable bonds is 4. The van der Waals surface area contributed by atoms with Crippen LogP contribution in [0, 0.1) is 11.8 Å². The Kier molecular flexibility index (Phi) is 5.01. The maximum atomic E-state index is 12.0. The molecule has 108 valence electrons. The highest BCUT2D eigenvalue weighted by Crippen LogP contribution is 2.29. The van der Waals surface area contributed by atoms with Gasteiger partial charge in [0, 0.05) is 17.1 Å². The van der Waals surface area contributed by atoms with Crippen molar-refractivity contribution in [3.63, 3.8) is 0 Å². The molecule has 1 aromatic rings. The van der Waals surface area contributed by atoms with Crippen LogP contribution in [0.15, 0.2) is 24.3 Å². The van der Waals surface area contributed by atoms with Gasteiger partial charge in [0.2, 0.25) is 0 Å². The van der Waals surface area contributed by atoms with E-state index >= 15 is 0 Å². The summed E-state index contributed by atoms with van der Waals surface area (Å²) in [5.41, 5.74) is 0.500. The molecule has 0 heterocycles. The minimum Gasteiger partial charge on any atom is -0.481 e. The van der Waals surface area contributed by atoms with Crippen molar-refractivity contribution >= 4 is 23.5 Å². The summed E-state index contributed by atoms with van der Waals surface area (Å²) < 4.78 is 0. The zero-order valence-electron chi connectivity index (χ0n) is 11.1. The number of halogens is 1. The molecule has 2 unspecified atom stereocenters. The molecule has 2 rings (SSSR count). The second-order valence-corrected chi connectivity index (χ2v) is 5.65. The molecule has 1 saturated carbocycles. The van der Waals surface area contributed by atoms with Gasteiger partial charge in [-0.3, -0.25) is 9.59 Å². The van der Waals surface area contributed by atoms with Gasteiger partial charge in [-0.2, -0.15) is 0 Å². The third-order valence-electron chi connectivity index (χ3n) is 3.84. The van der Waals surface area contributed by atoms with E-state index in [0.29, 0.717) is 23.6 Å². The second kappa shape index (κ2) is 6.75. The van der Waals surface area contributed by atoms with Gasteiger partial charge in [-0.15, -0.1) is 0 Å². The fourth-order valence-corrected chi connectivity index (χ4v) is 2.92. The second-order valence-electron chi connectivity index (χ2n) is 5.21. The van der Waals surface area contributed by atoms with E-state index in [1.165, 1.54) is 0 Å². The zero-order valence-corrected chi connectivity index (χ0v) is 11.9. The number of hydrogen-bond donors (Lipinski definition) is 2. The van der Waals surface area contributed by atoms with Crippen molar-refractivity contribution in [2.75, 3.05) is 6.54 Å². The monoisotopic (exact) mass is 295 g/mol. The molecule has 4 nitrogen and oxygen atoms in total. The van der Waals surface area contributed by atoms with Gasteiger partial charge in [-0.25, -0.2) is 0 Å². The molecule has 0 aromatic heterocycles. The summed E-state index contributed by atoms with van der Waals surface area (Å²) >= 11 is 5.84. The highest BCUT2D eigenvalue weighted by Gasteiger charge is 2.30. The van der Waals surface area contributed by atoms with Crippen molar-refractivity contribution in [3.05, 3.63) is 34.9 Å². The third-order valence-corrected chi connectivity index (χ3v) is 4.07. The minimum atomic E-state index is -0.758. The molecule has 0 spiro atoms. The van der Waals surface area contributed by atoms with Crippen LogP contribution in [0.4, 0.5) is 0 Å². The Morgan fingerprint density at radius 3 is 2.75 bits per heavy atom. The predicted molar refractivity (Wildman–Crippen MR) is 76.9 cm³/mol. The van der Waals surface area contributed by atoms with Crippen LogP contribution in [0.25, 0.3) is 0 Å². The first kappa shape index (κ1) is 14.9. The molecule has 1 aliphatic rings. The standard InChI is InChI=1S/C15H18ClNO3/c16-12-6-3-5-10(8-12)14(18)17-9-11-4-1-2-7-13(11)15(19)20/h3,5-6,8,11,13H,1-2,4,7,9H2,(H,17,18)(H,19,20). The van der Waals surface area contributed by atoms with E-state index in [2.05, 4.69) is 5.32 Å². The van der Waals surface area contributed by atoms with Gasteiger partial charge >= 0.3 is 5.97 Å². The highest BCUT2D eigenvalue weighted by molar-refractivity contribution is 6.30. The topological polar surface area (TPSA) is 66.4 Å². The van der Waals surface area contributed by atoms with Gasteiger partial charge in [0.05, 0.1) is 5.92 Å². The SMILES string of the molecule is O=C(NCC1CCCCC1C(=O)O)c1cccc(Cl)c1. The summed E-state index contributed by atoms with van der Waals surface area (Å²) in [5, 5.41) is 12.5. The van der Waals surface area contributed by atoms with Gasteiger partial charge in [0.1, 0.15) is 0 Å². The van der Waals surface area contributed by atoms with Crippen LogP contribution in [0.5, 0.6) is 0 Å². The Bertz CT molecular complexity index is 504. The number of carbonyl (C=O) groups is 2. The van der Waals surface area contributed by atoms with Crippen molar-refractivity contribution in [1.82, 2.24) is 5.32 Å². The molecule has 0 aliphatic heterocycles. The van der Waals surface area contributed by atoms with Crippen LogP contribution >= 0.6 is 11.6 Å². The molecule has 0 bridgehead atoms. The van der Waals surface area contributed by atoms with Crippen LogP contribution in [0.1, 0.15) is 36.0 Å². The Balaban J connectivity index is 1.93. The lowest BCUT2D eigenvalue weighted by Crippen LogP contribution is -2.37. The van der Waals surface area contributed by atoms with Crippen molar-refractivity contribution in [2.45, 2.75) is 25.7 Å². The summed E-state index contributed by atoms with van der Waals surface area (Å²) in [6.45, 7) is 0.405. The Hall–Kier alpha value is -1.55. The molecular formula is C15H18ClNO3. The zero-order chi connectivity index (χ0) is 14.5. The summed E-state index contributed by atoms with van der Waals surface area (Å²) in [4.78, 5) is 23.2. The smallest absolute Gasteiger partial charge is 0.306 e. The minimum absolute atomic E-state index is 0.0179. The van der Waals surface area contributed by atoms with E-state index in [0.717, 1.165) is 19.3 Å². The number of carbonyl (C=O) groups excluding carboxylic acids is 1. The number of hydrogen-bond acceptors (Lipinski definition) is 2. The average Bonchev–Trinajstić information content (AvgIpc) is 2.45. The Morgan fingerprint density at radius 1 is 1.30 bits per heavy atom. The van der Waals surface area contributed by atoms with E-state index in [4.69, 9.17) is 11.6 Å². The first-order valence-electron chi connectivity index (χ1n) is 6.84. The van der Waals surface area contributed by atoms with E-state index in [1.807, 2.05) is 0 Å². The van der Waals surface area contributed by atoms with Crippen LogP contribution < -0.4 is 5.32 Å². The Morgan fingerprint density at radius 2 is 2.05 bits per heavy atom. The number of amides is 1. The molecule has 1 aromatic carbocycles. The van der Waals surface area contributed by atoms with Gasteiger partial charge in [-0.05, 0) is 37.0 Å². The lowest BCUT2D eigenvalue weighted by Gasteiger charge is -2.28. The number of carboxylic acid groups (broad SMARTS) is 1. The molecule has 20 heavy (non-hydrogen) atoms. The first-order chi connectivity index (χ1) is 9.58. The molecule has 2 atom stereocenters. The Labute approximate surface area is 123 Å². The number of nitrogens with one attached hydrogen (secondary N) is 1. The summed E-state index contributed by atoms with van der Waals surface area (Å²) in [6, 6.07) is 6.72. The molecule has 2 N–H and O–H groups in total. The fourth-order valence-electron chi connectivity index (χ4n) is 2.73. The van der Waals surface area contributed by atoms with Crippen LogP contribution in [0.3, 0.4) is 0 Å². The lowest BCUT2D eigenvalue weighted by molar-refractivity contribution is -0.144. The van der Waals surface area contributed by atoms with Crippen molar-refractivity contribution in [2.24, 2.45) is 11.8 Å². The molecule has 0 saturated heterocycles. The van der Waals surface area contributed by atoms with Gasteiger partial charge < -0.3 is 10.4 Å². The van der Waals surface area contributed by atoms with E-state index < -0.39 is 5.97 Å². The van der Waals surface area contributed by atoms with Crippen LogP contribution in [-0.4, -0.2) is 23.5 Å². The van der Waals surface area contributed by atoms with Gasteiger partial charge in [-0.1, -0.05) is 30.5 Å². The van der Waals surface area contributed by atoms with E-state index in [1.54, 1.807) is 24.3 Å². The van der Waals surface area contributed by atoms with Crippen LogP contribution in [-0.2, 0) is 4.79 Å². The maximum absolute atomic E-state index is 12.0. The molecule has 1 aliphatic carbocycles. The maximum Gasteiger partial charge on any atom is 0.306 e. The van der Waals surface area contributed by atoms with E-state index in [-0.39, 0.29) is 17.7 Å². The summed E-state index contributed by atoms with van der Waals surface area (Å²) in [7, 11) is 0. The first-order valence-corrected chi connectivity index (χ1v) is 7.22. The summed E-state index contributed by atoms with van der Waals surface area (Å²) in [5.74, 6) is -1.29. The predicted octanol–water partition coefficient (Wildman–Crippen LogP) is 2.96. The van der Waals surface area contributed by atoms with Gasteiger partial charge in [0.15, 0.2) is 0 Å².